The number of anilines is 1. The normalized spacial score (nSPS) is 10.1. The lowest BCUT2D eigenvalue weighted by Crippen LogP contribution is -2.11. The maximum atomic E-state index is 11.8. The highest BCUT2D eigenvalue weighted by atomic mass is 16.5. The number of nitrogens with zero attached hydrogens (tertiary/aromatic N) is 2. The minimum absolute atomic E-state index is 0.344. The second kappa shape index (κ2) is 6.65. The van der Waals surface area contributed by atoms with Gasteiger partial charge >= 0.3 is 5.97 Å². The average Bonchev–Trinajstić information content (AvgIpc) is 2.47. The molecule has 20 heavy (non-hydrogen) atoms. The number of hydrogen-bond donors (Lipinski definition) is 1. The van der Waals surface area contributed by atoms with Gasteiger partial charge in [-0.3, -0.25) is 4.98 Å². The molecule has 5 heteroatoms. The van der Waals surface area contributed by atoms with Crippen LogP contribution in [0.4, 0.5) is 5.82 Å². The largest absolute Gasteiger partial charge is 0.462 e. The zero-order chi connectivity index (χ0) is 14.4. The topological polar surface area (TPSA) is 64.1 Å². The summed E-state index contributed by atoms with van der Waals surface area (Å²) < 4.78 is 5.02. The maximum Gasteiger partial charge on any atom is 0.341 e. The zero-order valence-corrected chi connectivity index (χ0v) is 11.6. The van der Waals surface area contributed by atoms with Crippen molar-refractivity contribution in [2.45, 2.75) is 20.4 Å². The molecule has 2 heterocycles. The molecule has 0 aliphatic carbocycles. The Labute approximate surface area is 118 Å². The quantitative estimate of drug-likeness (QED) is 0.847. The van der Waals surface area contributed by atoms with Crippen molar-refractivity contribution in [1.29, 1.82) is 0 Å². The van der Waals surface area contributed by atoms with Crippen LogP contribution in [0.1, 0.15) is 28.4 Å². The van der Waals surface area contributed by atoms with Gasteiger partial charge in [0.1, 0.15) is 11.4 Å². The van der Waals surface area contributed by atoms with Crippen molar-refractivity contribution < 1.29 is 9.53 Å². The molecule has 0 fully saturated rings. The van der Waals surface area contributed by atoms with Crippen molar-refractivity contribution >= 4 is 11.8 Å². The molecule has 5 nitrogen and oxygen atoms in total. The number of carbonyl (C=O) groups excluding carboxylic acids is 1. The number of esters is 1. The number of aromatic nitrogens is 2. The summed E-state index contributed by atoms with van der Waals surface area (Å²) in [5.41, 5.74) is 2.65. The Balaban J connectivity index is 2.14. The lowest BCUT2D eigenvalue weighted by Gasteiger charge is -2.11. The van der Waals surface area contributed by atoms with Crippen molar-refractivity contribution in [1.82, 2.24) is 9.97 Å². The van der Waals surface area contributed by atoms with E-state index in [0.29, 0.717) is 24.5 Å². The molecule has 0 aliphatic heterocycles. The van der Waals surface area contributed by atoms with E-state index < -0.39 is 0 Å². The Bertz CT molecular complexity index is 599. The highest BCUT2D eigenvalue weighted by Gasteiger charge is 2.13. The molecule has 0 bridgehead atoms. The molecule has 104 valence electrons. The van der Waals surface area contributed by atoms with Crippen molar-refractivity contribution in [3.63, 3.8) is 0 Å². The fourth-order valence-corrected chi connectivity index (χ4v) is 1.80. The van der Waals surface area contributed by atoms with Gasteiger partial charge in [0.25, 0.3) is 0 Å². The Hall–Kier alpha value is -2.43. The lowest BCUT2D eigenvalue weighted by atomic mass is 10.1. The van der Waals surface area contributed by atoms with Gasteiger partial charge in [-0.25, -0.2) is 9.78 Å². The van der Waals surface area contributed by atoms with Gasteiger partial charge in [-0.05, 0) is 43.2 Å². The van der Waals surface area contributed by atoms with E-state index in [1.165, 1.54) is 0 Å². The Morgan fingerprint density at radius 3 is 2.95 bits per heavy atom. The molecule has 2 aromatic heterocycles. The minimum Gasteiger partial charge on any atom is -0.462 e. The van der Waals surface area contributed by atoms with Gasteiger partial charge in [-0.15, -0.1) is 0 Å². The van der Waals surface area contributed by atoms with E-state index in [1.54, 1.807) is 31.5 Å². The summed E-state index contributed by atoms with van der Waals surface area (Å²) in [6, 6.07) is 5.36. The first-order valence-electron chi connectivity index (χ1n) is 6.48. The van der Waals surface area contributed by atoms with Gasteiger partial charge in [0.05, 0.1) is 6.61 Å². The number of rotatable bonds is 5. The van der Waals surface area contributed by atoms with Crippen molar-refractivity contribution in [2.75, 3.05) is 11.9 Å². The van der Waals surface area contributed by atoms with Crippen LogP contribution in [-0.2, 0) is 11.3 Å². The molecule has 0 spiro atoms. The van der Waals surface area contributed by atoms with E-state index in [0.717, 1.165) is 11.1 Å². The van der Waals surface area contributed by atoms with Gasteiger partial charge in [-0.2, -0.15) is 0 Å². The third kappa shape index (κ3) is 3.32. The molecule has 0 radical (unpaired) electrons. The summed E-state index contributed by atoms with van der Waals surface area (Å²) in [6.45, 7) is 4.70. The number of ether oxygens (including phenoxy) is 1. The first-order chi connectivity index (χ1) is 9.72. The van der Waals surface area contributed by atoms with Crippen LogP contribution in [0.25, 0.3) is 0 Å². The number of pyridine rings is 2. The zero-order valence-electron chi connectivity index (χ0n) is 11.6. The molecule has 0 unspecified atom stereocenters. The monoisotopic (exact) mass is 271 g/mol. The SMILES string of the molecule is CCOC(=O)c1cccnc1NCc1ccncc1C. The molecule has 0 saturated carbocycles. The predicted molar refractivity (Wildman–Crippen MR) is 76.5 cm³/mol. The third-order valence-electron chi connectivity index (χ3n) is 2.89. The molecule has 0 atom stereocenters. The Morgan fingerprint density at radius 2 is 2.20 bits per heavy atom. The van der Waals surface area contributed by atoms with Crippen LogP contribution in [0.2, 0.25) is 0 Å². The fourth-order valence-electron chi connectivity index (χ4n) is 1.80. The number of aryl methyl sites for hydroxylation is 1. The molecule has 0 aromatic carbocycles. The van der Waals surface area contributed by atoms with Gasteiger partial charge < -0.3 is 10.1 Å². The van der Waals surface area contributed by atoms with Crippen LogP contribution in [0, 0.1) is 6.92 Å². The first-order valence-corrected chi connectivity index (χ1v) is 6.48. The van der Waals surface area contributed by atoms with Crippen molar-refractivity contribution in [3.8, 4) is 0 Å². The van der Waals surface area contributed by atoms with E-state index >= 15 is 0 Å². The fraction of sp³-hybridized carbons (Fsp3) is 0.267. The molecule has 2 aromatic rings. The first kappa shape index (κ1) is 14.0. The summed E-state index contributed by atoms with van der Waals surface area (Å²) in [5.74, 6) is 0.164. The summed E-state index contributed by atoms with van der Waals surface area (Å²) >= 11 is 0. The summed E-state index contributed by atoms with van der Waals surface area (Å²) in [5, 5.41) is 3.17. The van der Waals surface area contributed by atoms with Crippen LogP contribution < -0.4 is 5.32 Å². The highest BCUT2D eigenvalue weighted by Crippen LogP contribution is 2.15. The standard InChI is InChI=1S/C15H17N3O2/c1-3-20-15(19)13-5-4-7-17-14(13)18-10-12-6-8-16-9-11(12)2/h4-9H,3,10H2,1-2H3,(H,17,18). The minimum atomic E-state index is -0.366. The predicted octanol–water partition coefficient (Wildman–Crippen LogP) is 2.57. The number of carbonyl (C=O) groups is 1. The van der Waals surface area contributed by atoms with Crippen LogP contribution in [0.5, 0.6) is 0 Å². The van der Waals surface area contributed by atoms with Crippen LogP contribution >= 0.6 is 0 Å². The van der Waals surface area contributed by atoms with E-state index in [2.05, 4.69) is 15.3 Å². The van der Waals surface area contributed by atoms with E-state index in [-0.39, 0.29) is 5.97 Å². The Morgan fingerprint density at radius 1 is 1.35 bits per heavy atom. The van der Waals surface area contributed by atoms with E-state index in [9.17, 15) is 4.79 Å². The molecule has 0 saturated heterocycles. The smallest absolute Gasteiger partial charge is 0.341 e. The maximum absolute atomic E-state index is 11.8. The lowest BCUT2D eigenvalue weighted by molar-refractivity contribution is 0.0527. The average molecular weight is 271 g/mol. The molecule has 0 amide bonds. The molecule has 1 N–H and O–H groups in total. The molecular weight excluding hydrogens is 254 g/mol. The summed E-state index contributed by atoms with van der Waals surface area (Å²) in [7, 11) is 0. The van der Waals surface area contributed by atoms with E-state index in [1.807, 2.05) is 19.2 Å². The second-order valence-electron chi connectivity index (χ2n) is 4.28. The van der Waals surface area contributed by atoms with Gasteiger partial charge in [0, 0.05) is 25.1 Å². The summed E-state index contributed by atoms with van der Waals surface area (Å²) in [4.78, 5) is 20.1. The summed E-state index contributed by atoms with van der Waals surface area (Å²) in [6.07, 6.45) is 5.20. The van der Waals surface area contributed by atoms with Gasteiger partial charge in [-0.1, -0.05) is 0 Å². The Kier molecular flexibility index (Phi) is 4.65. The highest BCUT2D eigenvalue weighted by molar-refractivity contribution is 5.94. The second-order valence-corrected chi connectivity index (χ2v) is 4.28. The van der Waals surface area contributed by atoms with Crippen LogP contribution in [-0.4, -0.2) is 22.5 Å². The van der Waals surface area contributed by atoms with Crippen molar-refractivity contribution in [2.24, 2.45) is 0 Å². The number of hydrogen-bond acceptors (Lipinski definition) is 5. The molecule has 2 rings (SSSR count). The van der Waals surface area contributed by atoms with Gasteiger partial charge in [0.2, 0.25) is 0 Å². The van der Waals surface area contributed by atoms with Crippen molar-refractivity contribution in [3.05, 3.63) is 53.5 Å². The third-order valence-corrected chi connectivity index (χ3v) is 2.89. The number of nitrogens with one attached hydrogen (secondary N) is 1. The molecular formula is C15H17N3O2. The molecule has 0 aliphatic rings. The van der Waals surface area contributed by atoms with Crippen LogP contribution in [0.3, 0.4) is 0 Å². The van der Waals surface area contributed by atoms with Gasteiger partial charge in [0.15, 0.2) is 0 Å². The van der Waals surface area contributed by atoms with E-state index in [4.69, 9.17) is 4.74 Å². The van der Waals surface area contributed by atoms with Crippen LogP contribution in [0.15, 0.2) is 36.8 Å².